The zero-order chi connectivity index (χ0) is 8.69. The smallest absolute Gasteiger partial charge is 1.00 e. The van der Waals surface area contributed by atoms with E-state index in [0.717, 1.165) is 0 Å². The second-order valence-corrected chi connectivity index (χ2v) is 2.44. The minimum Gasteiger partial charge on any atom is -1.00 e. The number of hydrogen-bond donors (Lipinski definition) is 1. The van der Waals surface area contributed by atoms with Crippen LogP contribution in [0.5, 0.6) is 0 Å². The van der Waals surface area contributed by atoms with Crippen LogP contribution in [0.4, 0.5) is 0 Å². The van der Waals surface area contributed by atoms with Crippen LogP contribution in [0.15, 0.2) is 30.3 Å². The van der Waals surface area contributed by atoms with Gasteiger partial charge in [0.05, 0.1) is 0 Å². The van der Waals surface area contributed by atoms with Crippen molar-refractivity contribution in [3.8, 4) is 0 Å². The van der Waals surface area contributed by atoms with Gasteiger partial charge in [-0.25, -0.2) is 0 Å². The van der Waals surface area contributed by atoms with Crippen LogP contribution in [0, 0.1) is 6.92 Å². The normalized spacial score (nSPS) is 9.46. The molecule has 0 aliphatic rings. The molecule has 0 aromatic heterocycles. The first-order valence-electron chi connectivity index (χ1n) is 2.98. The van der Waals surface area contributed by atoms with Crippen molar-refractivity contribution in [1.29, 1.82) is 0 Å². The van der Waals surface area contributed by atoms with Crippen molar-refractivity contribution in [3.05, 3.63) is 35.9 Å². The molecular formula is C7H10ClNNaO2S-. The van der Waals surface area contributed by atoms with Crippen molar-refractivity contribution < 1.29 is 50.7 Å². The molecule has 13 heavy (non-hydrogen) atoms. The van der Waals surface area contributed by atoms with Crippen molar-refractivity contribution >= 4 is 11.3 Å². The minimum atomic E-state index is -2.36. The molecule has 1 atom stereocenters. The van der Waals surface area contributed by atoms with Crippen LogP contribution >= 0.6 is 0 Å². The van der Waals surface area contributed by atoms with Crippen molar-refractivity contribution in [1.82, 2.24) is 0 Å². The molecule has 0 aliphatic carbocycles. The maximum absolute atomic E-state index is 8.78. The second kappa shape index (κ2) is 12.6. The summed E-state index contributed by atoms with van der Waals surface area (Å²) in [4.78, 5) is 0. The third-order valence-electron chi connectivity index (χ3n) is 0.940. The van der Waals surface area contributed by atoms with Gasteiger partial charge in [-0.1, -0.05) is 35.9 Å². The van der Waals surface area contributed by atoms with E-state index in [2.05, 4.69) is 24.2 Å². The van der Waals surface area contributed by atoms with Gasteiger partial charge in [0.2, 0.25) is 0 Å². The van der Waals surface area contributed by atoms with Gasteiger partial charge in [0, 0.05) is 11.3 Å². The van der Waals surface area contributed by atoms with Gasteiger partial charge < -0.3 is 17.0 Å². The topological polar surface area (TPSA) is 66.2 Å². The molecule has 70 valence electrons. The Bertz CT molecular complexity index is 219. The zero-order valence-electron chi connectivity index (χ0n) is 7.57. The van der Waals surface area contributed by atoms with E-state index in [1.165, 1.54) is 5.56 Å². The van der Waals surface area contributed by atoms with Gasteiger partial charge in [-0.3, -0.25) is 9.35 Å². The van der Waals surface area contributed by atoms with E-state index in [9.17, 15) is 0 Å². The molecule has 1 aromatic carbocycles. The predicted octanol–water partition coefficient (Wildman–Crippen LogP) is -5.26. The molecule has 1 aromatic rings. The number of benzene rings is 1. The van der Waals surface area contributed by atoms with Gasteiger partial charge in [-0.2, -0.15) is 0 Å². The molecule has 0 fully saturated rings. The summed E-state index contributed by atoms with van der Waals surface area (Å²) < 4.78 is 17.6. The van der Waals surface area contributed by atoms with Gasteiger partial charge in [0.1, 0.15) is 0 Å². The molecule has 0 bridgehead atoms. The van der Waals surface area contributed by atoms with Crippen molar-refractivity contribution in [2.24, 2.45) is 5.14 Å². The van der Waals surface area contributed by atoms with Gasteiger partial charge in [-0.15, -0.1) is 0 Å². The number of aryl methyl sites for hydroxylation is 1. The van der Waals surface area contributed by atoms with E-state index in [0.29, 0.717) is 0 Å². The largest absolute Gasteiger partial charge is 1.00 e. The SMILES string of the molecule is Cc1ccccc1.NS(=O)[O-].[Cl-].[Na+]. The van der Waals surface area contributed by atoms with Gasteiger partial charge in [0.15, 0.2) is 0 Å². The second-order valence-electron chi connectivity index (χ2n) is 1.92. The maximum atomic E-state index is 8.78. The Hall–Kier alpha value is 0.580. The molecule has 6 heteroatoms. The quantitative estimate of drug-likeness (QED) is 0.358. The van der Waals surface area contributed by atoms with E-state index < -0.39 is 11.3 Å². The molecule has 0 spiro atoms. The molecule has 0 amide bonds. The van der Waals surface area contributed by atoms with Crippen LogP contribution < -0.4 is 47.1 Å². The molecule has 0 radical (unpaired) electrons. The fourth-order valence-corrected chi connectivity index (χ4v) is 0.534. The molecule has 2 N–H and O–H groups in total. The monoisotopic (exact) mass is 230 g/mol. The Kier molecular flexibility index (Phi) is 18.6. The molecule has 0 saturated carbocycles. The summed E-state index contributed by atoms with van der Waals surface area (Å²) in [7, 11) is 0. The molecule has 0 heterocycles. The molecule has 1 rings (SSSR count). The van der Waals surface area contributed by atoms with Crippen LogP contribution in [0.1, 0.15) is 5.56 Å². The Morgan fingerprint density at radius 1 is 1.31 bits per heavy atom. The first kappa shape index (κ1) is 19.2. The molecule has 0 aliphatic heterocycles. The first-order valence-corrected chi connectivity index (χ1v) is 4.12. The van der Waals surface area contributed by atoms with E-state index >= 15 is 0 Å². The summed E-state index contributed by atoms with van der Waals surface area (Å²) in [6, 6.07) is 10.3. The van der Waals surface area contributed by atoms with E-state index in [1.807, 2.05) is 18.2 Å². The molecule has 3 nitrogen and oxygen atoms in total. The summed E-state index contributed by atoms with van der Waals surface area (Å²) in [6.45, 7) is 2.08. The molecular weight excluding hydrogens is 221 g/mol. The van der Waals surface area contributed by atoms with Crippen LogP contribution in [-0.4, -0.2) is 8.76 Å². The zero-order valence-corrected chi connectivity index (χ0v) is 11.1. The third kappa shape index (κ3) is 19.1. The van der Waals surface area contributed by atoms with Crippen LogP contribution in [0.25, 0.3) is 0 Å². The summed E-state index contributed by atoms with van der Waals surface area (Å²) in [5.74, 6) is 0. The molecule has 1 unspecified atom stereocenters. The summed E-state index contributed by atoms with van der Waals surface area (Å²) in [5.41, 5.74) is 1.32. The third-order valence-corrected chi connectivity index (χ3v) is 0.940. The van der Waals surface area contributed by atoms with Crippen molar-refractivity contribution in [3.63, 3.8) is 0 Å². The van der Waals surface area contributed by atoms with Crippen molar-refractivity contribution in [2.45, 2.75) is 6.92 Å². The number of hydrogen-bond acceptors (Lipinski definition) is 2. The summed E-state index contributed by atoms with van der Waals surface area (Å²) >= 11 is -2.36. The fourth-order valence-electron chi connectivity index (χ4n) is 0.534. The van der Waals surface area contributed by atoms with Gasteiger partial charge >= 0.3 is 29.6 Å². The molecule has 0 saturated heterocycles. The minimum absolute atomic E-state index is 0. The van der Waals surface area contributed by atoms with Crippen LogP contribution in [0.2, 0.25) is 0 Å². The van der Waals surface area contributed by atoms with Gasteiger partial charge in [-0.05, 0) is 6.92 Å². The number of nitrogens with two attached hydrogens (primary N) is 1. The van der Waals surface area contributed by atoms with E-state index in [1.54, 1.807) is 0 Å². The Labute approximate surface area is 109 Å². The predicted molar refractivity (Wildman–Crippen MR) is 44.3 cm³/mol. The Balaban J connectivity index is -0.000000150. The first-order chi connectivity index (χ1) is 5.13. The summed E-state index contributed by atoms with van der Waals surface area (Å²) in [6.07, 6.45) is 0. The standard InChI is InChI=1S/C7H8.ClH.H3NO2S.Na/c1-7-5-3-2-4-6-7;;1-4(2)3;/h2-6H,1H3;1H;1H2,(H,2,3);/q;;;+1/p-2. The van der Waals surface area contributed by atoms with Gasteiger partial charge in [0.25, 0.3) is 0 Å². The van der Waals surface area contributed by atoms with Crippen molar-refractivity contribution in [2.75, 3.05) is 0 Å². The van der Waals surface area contributed by atoms with E-state index in [4.69, 9.17) is 8.76 Å². The fraction of sp³-hybridized carbons (Fsp3) is 0.143. The average molecular weight is 231 g/mol. The number of rotatable bonds is 0. The van der Waals surface area contributed by atoms with E-state index in [-0.39, 0.29) is 42.0 Å². The average Bonchev–Trinajstić information content (AvgIpc) is 1.87. The van der Waals surface area contributed by atoms with Crippen LogP contribution in [0.3, 0.4) is 0 Å². The number of halogens is 1. The Morgan fingerprint density at radius 2 is 1.62 bits per heavy atom. The van der Waals surface area contributed by atoms with Crippen LogP contribution in [-0.2, 0) is 11.3 Å². The summed E-state index contributed by atoms with van der Waals surface area (Å²) in [5, 5.41) is 4.03. The maximum Gasteiger partial charge on any atom is 1.00 e. The Morgan fingerprint density at radius 3 is 1.77 bits per heavy atom.